The molecule has 7 nitrogen and oxygen atoms in total. The van der Waals surface area contributed by atoms with Crippen LogP contribution in [-0.4, -0.2) is 25.7 Å². The fraction of sp³-hybridized carbons (Fsp3) is 0.111. The highest BCUT2D eigenvalue weighted by Gasteiger charge is 2.19. The van der Waals surface area contributed by atoms with Crippen LogP contribution in [0, 0.1) is 12.7 Å². The summed E-state index contributed by atoms with van der Waals surface area (Å²) in [6.07, 6.45) is 0. The van der Waals surface area contributed by atoms with Gasteiger partial charge in [-0.25, -0.2) is 8.91 Å². The Kier molecular flexibility index (Phi) is 3.72. The molecular formula is C18H14FN5O2. The summed E-state index contributed by atoms with van der Waals surface area (Å²) < 4.78 is 14.6. The number of fused-ring (bicyclic) bond motifs is 3. The summed E-state index contributed by atoms with van der Waals surface area (Å²) in [6.45, 7) is 2.26. The van der Waals surface area contributed by atoms with Crippen molar-refractivity contribution < 1.29 is 9.18 Å². The lowest BCUT2D eigenvalue weighted by Gasteiger charge is -2.06. The minimum Gasteiger partial charge on any atom is -0.346 e. The Balaban J connectivity index is 1.73. The number of hydrogen-bond donors (Lipinski definition) is 2. The van der Waals surface area contributed by atoms with Crippen molar-refractivity contribution in [3.63, 3.8) is 0 Å². The Morgan fingerprint density at radius 3 is 2.88 bits per heavy atom. The summed E-state index contributed by atoms with van der Waals surface area (Å²) in [5.74, 6) is -0.987. The summed E-state index contributed by atoms with van der Waals surface area (Å²) in [4.78, 5) is 27.4. The van der Waals surface area contributed by atoms with E-state index in [2.05, 4.69) is 20.6 Å². The number of amides is 1. The number of halogens is 1. The Labute approximate surface area is 146 Å². The summed E-state index contributed by atoms with van der Waals surface area (Å²) in [5, 5.41) is 10.5. The number of carbonyl (C=O) groups is 1. The summed E-state index contributed by atoms with van der Waals surface area (Å²) in [7, 11) is 0. The molecule has 2 aromatic heterocycles. The maximum Gasteiger partial charge on any atom is 0.277 e. The number of rotatable bonds is 3. The standard InChI is InChI=1S/C18H14FN5O2/c1-10-4-2-3-5-11(10)9-20-17(25)15-16-18(26)21-13-8-12(19)6-7-14(13)24(16)23-22-15/h2-8H,9H2,1H3,(H,20,25)(H,21,26). The molecule has 2 N–H and O–H groups in total. The number of benzene rings is 2. The fourth-order valence-electron chi connectivity index (χ4n) is 2.85. The molecular weight excluding hydrogens is 337 g/mol. The average molecular weight is 351 g/mol. The molecule has 4 aromatic rings. The first-order valence-corrected chi connectivity index (χ1v) is 7.94. The number of aryl methyl sites for hydroxylation is 1. The quantitative estimate of drug-likeness (QED) is 0.590. The second-order valence-corrected chi connectivity index (χ2v) is 5.92. The molecule has 1 amide bonds. The molecule has 0 aliphatic rings. The van der Waals surface area contributed by atoms with Crippen LogP contribution in [0.4, 0.5) is 4.39 Å². The molecule has 26 heavy (non-hydrogen) atoms. The van der Waals surface area contributed by atoms with E-state index < -0.39 is 17.3 Å². The van der Waals surface area contributed by atoms with Crippen molar-refractivity contribution in [2.45, 2.75) is 13.5 Å². The van der Waals surface area contributed by atoms with Crippen molar-refractivity contribution in [1.29, 1.82) is 0 Å². The first-order chi connectivity index (χ1) is 12.5. The SMILES string of the molecule is Cc1ccccc1CNC(=O)c1nnn2c1c(=O)[nH]c1cc(F)ccc12. The van der Waals surface area contributed by atoms with Gasteiger partial charge in [-0.15, -0.1) is 5.10 Å². The molecule has 0 unspecified atom stereocenters. The molecule has 0 spiro atoms. The second-order valence-electron chi connectivity index (χ2n) is 5.92. The molecule has 0 saturated carbocycles. The monoisotopic (exact) mass is 351 g/mol. The highest BCUT2D eigenvalue weighted by Crippen LogP contribution is 2.14. The lowest BCUT2D eigenvalue weighted by Crippen LogP contribution is -2.25. The zero-order valence-electron chi connectivity index (χ0n) is 13.8. The number of aromatic amines is 1. The van der Waals surface area contributed by atoms with Crippen LogP contribution in [0.15, 0.2) is 47.3 Å². The van der Waals surface area contributed by atoms with Crippen LogP contribution in [0.1, 0.15) is 21.6 Å². The van der Waals surface area contributed by atoms with Crippen LogP contribution in [-0.2, 0) is 6.54 Å². The smallest absolute Gasteiger partial charge is 0.277 e. The summed E-state index contributed by atoms with van der Waals surface area (Å²) >= 11 is 0. The van der Waals surface area contributed by atoms with Gasteiger partial charge in [0.15, 0.2) is 11.2 Å². The third-order valence-electron chi connectivity index (χ3n) is 4.24. The number of aromatic nitrogens is 4. The first-order valence-electron chi connectivity index (χ1n) is 7.94. The number of nitrogens with one attached hydrogen (secondary N) is 2. The highest BCUT2D eigenvalue weighted by molar-refractivity contribution is 5.99. The Hall–Kier alpha value is -3.55. The zero-order chi connectivity index (χ0) is 18.3. The highest BCUT2D eigenvalue weighted by atomic mass is 19.1. The molecule has 0 fully saturated rings. The van der Waals surface area contributed by atoms with E-state index >= 15 is 0 Å². The van der Waals surface area contributed by atoms with E-state index in [0.717, 1.165) is 11.1 Å². The van der Waals surface area contributed by atoms with Gasteiger partial charge in [0.05, 0.1) is 11.0 Å². The molecule has 8 heteroatoms. The van der Waals surface area contributed by atoms with E-state index in [9.17, 15) is 14.0 Å². The molecule has 2 heterocycles. The van der Waals surface area contributed by atoms with Gasteiger partial charge in [-0.2, -0.15) is 0 Å². The van der Waals surface area contributed by atoms with Crippen molar-refractivity contribution in [1.82, 2.24) is 25.1 Å². The summed E-state index contributed by atoms with van der Waals surface area (Å²) in [5.41, 5.74) is 2.12. The van der Waals surface area contributed by atoms with Crippen LogP contribution in [0.2, 0.25) is 0 Å². The van der Waals surface area contributed by atoms with Crippen LogP contribution in [0.25, 0.3) is 16.6 Å². The molecule has 0 aliphatic carbocycles. The van der Waals surface area contributed by atoms with E-state index in [4.69, 9.17) is 0 Å². The van der Waals surface area contributed by atoms with Gasteiger partial charge in [-0.1, -0.05) is 29.5 Å². The largest absolute Gasteiger partial charge is 0.346 e. The Morgan fingerprint density at radius 1 is 1.27 bits per heavy atom. The maximum absolute atomic E-state index is 13.4. The van der Waals surface area contributed by atoms with Gasteiger partial charge in [0.25, 0.3) is 11.5 Å². The van der Waals surface area contributed by atoms with E-state index in [0.29, 0.717) is 12.1 Å². The topological polar surface area (TPSA) is 92.2 Å². The third kappa shape index (κ3) is 2.61. The molecule has 0 bridgehead atoms. The minimum atomic E-state index is -0.561. The number of carbonyl (C=O) groups excluding carboxylic acids is 1. The molecule has 2 aromatic carbocycles. The van der Waals surface area contributed by atoms with E-state index in [1.54, 1.807) is 0 Å². The normalized spacial score (nSPS) is 11.2. The van der Waals surface area contributed by atoms with Crippen LogP contribution >= 0.6 is 0 Å². The predicted octanol–water partition coefficient (Wildman–Crippen LogP) is 1.95. The molecule has 0 atom stereocenters. The molecule has 0 radical (unpaired) electrons. The van der Waals surface area contributed by atoms with E-state index in [1.165, 1.54) is 22.7 Å². The molecule has 0 aliphatic heterocycles. The zero-order valence-corrected chi connectivity index (χ0v) is 13.8. The van der Waals surface area contributed by atoms with Crippen LogP contribution in [0.5, 0.6) is 0 Å². The van der Waals surface area contributed by atoms with Crippen molar-refractivity contribution in [3.8, 4) is 0 Å². The van der Waals surface area contributed by atoms with Gasteiger partial charge in [0.2, 0.25) is 0 Å². The number of nitrogens with zero attached hydrogens (tertiary/aromatic N) is 3. The molecule has 4 rings (SSSR count). The van der Waals surface area contributed by atoms with Crippen molar-refractivity contribution in [3.05, 3.63) is 75.5 Å². The van der Waals surface area contributed by atoms with Gasteiger partial charge in [-0.3, -0.25) is 9.59 Å². The lowest BCUT2D eigenvalue weighted by molar-refractivity contribution is 0.0947. The lowest BCUT2D eigenvalue weighted by atomic mass is 10.1. The van der Waals surface area contributed by atoms with Gasteiger partial charge < -0.3 is 10.3 Å². The van der Waals surface area contributed by atoms with Crippen molar-refractivity contribution in [2.75, 3.05) is 0 Å². The second kappa shape index (κ2) is 6.07. The van der Waals surface area contributed by atoms with Crippen molar-refractivity contribution >= 4 is 22.5 Å². The van der Waals surface area contributed by atoms with Gasteiger partial charge >= 0.3 is 0 Å². The maximum atomic E-state index is 13.4. The van der Waals surface area contributed by atoms with E-state index in [-0.39, 0.29) is 16.7 Å². The van der Waals surface area contributed by atoms with Crippen LogP contribution in [0.3, 0.4) is 0 Å². The van der Waals surface area contributed by atoms with E-state index in [1.807, 2.05) is 31.2 Å². The summed E-state index contributed by atoms with van der Waals surface area (Å²) in [6, 6.07) is 11.6. The average Bonchev–Trinajstić information content (AvgIpc) is 3.06. The van der Waals surface area contributed by atoms with Gasteiger partial charge in [-0.05, 0) is 36.2 Å². The predicted molar refractivity (Wildman–Crippen MR) is 93.4 cm³/mol. The Bertz CT molecular complexity index is 1210. The number of H-pyrrole nitrogens is 1. The minimum absolute atomic E-state index is 0.0198. The van der Waals surface area contributed by atoms with Gasteiger partial charge in [0.1, 0.15) is 5.82 Å². The van der Waals surface area contributed by atoms with Crippen LogP contribution < -0.4 is 10.9 Å². The molecule has 130 valence electrons. The van der Waals surface area contributed by atoms with Crippen molar-refractivity contribution in [2.24, 2.45) is 0 Å². The number of hydrogen-bond acceptors (Lipinski definition) is 4. The first kappa shape index (κ1) is 15.9. The van der Waals surface area contributed by atoms with Gasteiger partial charge in [0, 0.05) is 6.54 Å². The fourth-order valence-corrected chi connectivity index (χ4v) is 2.85. The molecule has 0 saturated heterocycles. The Morgan fingerprint density at radius 2 is 2.08 bits per heavy atom. The third-order valence-corrected chi connectivity index (χ3v) is 4.24.